The molecule has 0 aliphatic carbocycles. The van der Waals surface area contributed by atoms with Crippen LogP contribution >= 0.6 is 0 Å². The van der Waals surface area contributed by atoms with Gasteiger partial charge in [0.1, 0.15) is 30.0 Å². The first kappa shape index (κ1) is 32.8. The molecule has 3 amide bonds. The van der Waals surface area contributed by atoms with E-state index in [1.54, 1.807) is 73.6 Å². The first-order valence-corrected chi connectivity index (χ1v) is 14.0. The lowest BCUT2D eigenvalue weighted by Crippen LogP contribution is -2.50. The summed E-state index contributed by atoms with van der Waals surface area (Å²) in [5.74, 6) is -3.31. The van der Waals surface area contributed by atoms with E-state index in [4.69, 9.17) is 9.47 Å². The number of carbonyl (C=O) groups is 4. The first-order chi connectivity index (χ1) is 17.4. The summed E-state index contributed by atoms with van der Waals surface area (Å²) < 4.78 is 28.5. The minimum atomic E-state index is -3.65. The second kappa shape index (κ2) is 13.5. The molecule has 0 aromatic heterocycles. The molecule has 0 aliphatic heterocycles. The number of amides is 3. The summed E-state index contributed by atoms with van der Waals surface area (Å²) in [7, 11) is -3.65. The maximum Gasteiger partial charge on any atom is 0.408 e. The predicted molar refractivity (Wildman–Crippen MR) is 146 cm³/mol. The lowest BCUT2D eigenvalue weighted by Gasteiger charge is -2.30. The Hall–Kier alpha value is -3.21. The van der Waals surface area contributed by atoms with Crippen molar-refractivity contribution in [1.29, 1.82) is 0 Å². The van der Waals surface area contributed by atoms with E-state index in [0.717, 1.165) is 0 Å². The predicted octanol–water partition coefficient (Wildman–Crippen LogP) is 3.85. The number of esters is 1. The van der Waals surface area contributed by atoms with Crippen molar-refractivity contribution in [1.82, 2.24) is 10.6 Å². The molecule has 10 nitrogen and oxygen atoms in total. The minimum absolute atomic E-state index is 0.0264. The van der Waals surface area contributed by atoms with E-state index >= 15 is 0 Å². The molecular formula is C27H41N3O7S. The molecule has 11 heteroatoms. The van der Waals surface area contributed by atoms with E-state index in [-0.39, 0.29) is 17.4 Å². The van der Waals surface area contributed by atoms with Crippen LogP contribution in [0.4, 0.5) is 4.79 Å². The molecule has 1 unspecified atom stereocenters. The summed E-state index contributed by atoms with van der Waals surface area (Å²) in [6, 6.07) is 5.71. The number of ether oxygens (including phenoxy) is 2. The Kier molecular flexibility index (Phi) is 11.7. The number of hydrogen-bond acceptors (Lipinski definition) is 7. The molecule has 0 fully saturated rings. The number of rotatable bonds is 10. The Morgan fingerprint density at radius 3 is 2.08 bits per heavy atom. The van der Waals surface area contributed by atoms with Crippen LogP contribution in [0.15, 0.2) is 52.2 Å². The van der Waals surface area contributed by atoms with Crippen LogP contribution in [-0.4, -0.2) is 58.1 Å². The lowest BCUT2D eigenvalue weighted by atomic mass is 9.86. The van der Waals surface area contributed by atoms with Crippen molar-refractivity contribution < 1.29 is 32.9 Å². The average Bonchev–Trinajstić information content (AvgIpc) is 2.77. The van der Waals surface area contributed by atoms with Gasteiger partial charge in [-0.3, -0.25) is 9.59 Å². The number of alkyl carbamates (subject to hydrolysis) is 1. The molecule has 0 aliphatic rings. The van der Waals surface area contributed by atoms with Gasteiger partial charge >= 0.3 is 12.1 Å². The highest BCUT2D eigenvalue weighted by Crippen LogP contribution is 2.23. The molecule has 1 aromatic rings. The average molecular weight is 552 g/mol. The zero-order valence-corrected chi connectivity index (χ0v) is 24.3. The lowest BCUT2D eigenvalue weighted by molar-refractivity contribution is -0.147. The largest absolute Gasteiger partial charge is 0.460 e. The number of benzene rings is 1. The molecular weight excluding hydrogens is 510 g/mol. The Morgan fingerprint density at radius 1 is 1.03 bits per heavy atom. The standard InChI is InChI=1S/C27H41N3O7S/c1-10-16-36-24(33)21(18(2)3)28-20(31)17-38(35,19-14-12-11-13-15-19)30-23(32)22(26(4,5)6)29-25(34)37-27(7,8)9/h10-15,18,21-22H,1,16-17H2,2-9H3,(H,28,31)(H,29,34)/t21-,22+,38?/m0/s1. The van der Waals surface area contributed by atoms with E-state index < -0.39 is 62.5 Å². The van der Waals surface area contributed by atoms with Crippen molar-refractivity contribution in [3.63, 3.8) is 0 Å². The Balaban J connectivity index is 3.41. The quantitative estimate of drug-likeness (QED) is 0.332. The molecule has 1 aromatic carbocycles. The zero-order chi connectivity index (χ0) is 29.3. The SMILES string of the molecule is C=CCOC(=O)[C@@H](NC(=O)CS(=O)(=NC(=O)[C@@H](NC(=O)OC(C)(C)C)C(C)(C)C)c1ccccc1)C(C)C. The van der Waals surface area contributed by atoms with Gasteiger partial charge in [0.2, 0.25) is 5.91 Å². The van der Waals surface area contributed by atoms with E-state index in [1.807, 2.05) is 0 Å². The van der Waals surface area contributed by atoms with Crippen molar-refractivity contribution in [2.45, 2.75) is 78.0 Å². The fraction of sp³-hybridized carbons (Fsp3) is 0.556. The third-order valence-corrected chi connectivity index (χ3v) is 7.17. The third kappa shape index (κ3) is 10.6. The molecule has 0 spiro atoms. The van der Waals surface area contributed by atoms with Crippen LogP contribution in [0.2, 0.25) is 0 Å². The van der Waals surface area contributed by atoms with Crippen LogP contribution in [0.1, 0.15) is 55.4 Å². The van der Waals surface area contributed by atoms with E-state index in [2.05, 4.69) is 21.6 Å². The molecule has 0 radical (unpaired) electrons. The molecule has 0 bridgehead atoms. The van der Waals surface area contributed by atoms with Gasteiger partial charge in [-0.2, -0.15) is 4.36 Å². The first-order valence-electron chi connectivity index (χ1n) is 12.3. The van der Waals surface area contributed by atoms with Gasteiger partial charge in [0.05, 0.1) is 9.73 Å². The summed E-state index contributed by atoms with van der Waals surface area (Å²) in [5, 5.41) is 5.08. The highest BCUT2D eigenvalue weighted by molar-refractivity contribution is 7.94. The van der Waals surface area contributed by atoms with E-state index in [0.29, 0.717) is 0 Å². The van der Waals surface area contributed by atoms with E-state index in [9.17, 15) is 23.4 Å². The van der Waals surface area contributed by atoms with Gasteiger partial charge in [-0.1, -0.05) is 65.5 Å². The minimum Gasteiger partial charge on any atom is -0.460 e. The van der Waals surface area contributed by atoms with Crippen molar-refractivity contribution in [3.05, 3.63) is 43.0 Å². The highest BCUT2D eigenvalue weighted by atomic mass is 32.2. The van der Waals surface area contributed by atoms with Crippen molar-refractivity contribution >= 4 is 33.6 Å². The van der Waals surface area contributed by atoms with Gasteiger partial charge in [-0.25, -0.2) is 13.8 Å². The summed E-state index contributed by atoms with van der Waals surface area (Å²) in [4.78, 5) is 51.4. The van der Waals surface area contributed by atoms with Gasteiger partial charge < -0.3 is 20.1 Å². The zero-order valence-electron chi connectivity index (χ0n) is 23.5. The molecule has 38 heavy (non-hydrogen) atoms. The van der Waals surface area contributed by atoms with Crippen molar-refractivity contribution in [2.75, 3.05) is 12.4 Å². The van der Waals surface area contributed by atoms with Crippen LogP contribution in [0.25, 0.3) is 0 Å². The molecule has 0 saturated carbocycles. The van der Waals surface area contributed by atoms with Crippen LogP contribution in [0, 0.1) is 11.3 Å². The van der Waals surface area contributed by atoms with Crippen LogP contribution < -0.4 is 10.6 Å². The smallest absolute Gasteiger partial charge is 0.408 e. The van der Waals surface area contributed by atoms with Gasteiger partial charge in [-0.15, -0.1) is 0 Å². The fourth-order valence-electron chi connectivity index (χ4n) is 3.19. The van der Waals surface area contributed by atoms with Crippen LogP contribution in [-0.2, 0) is 33.6 Å². The van der Waals surface area contributed by atoms with Crippen molar-refractivity contribution in [2.24, 2.45) is 15.7 Å². The Bertz CT molecular complexity index is 1130. The van der Waals surface area contributed by atoms with Gasteiger partial charge in [0.15, 0.2) is 0 Å². The third-order valence-electron chi connectivity index (χ3n) is 5.03. The normalized spacial score (nSPS) is 14.9. The summed E-state index contributed by atoms with van der Waals surface area (Å²) in [6.07, 6.45) is 0.573. The molecule has 3 atom stereocenters. The Morgan fingerprint density at radius 2 is 1.61 bits per heavy atom. The summed E-state index contributed by atoms with van der Waals surface area (Å²) in [6.45, 7) is 17.1. The van der Waals surface area contributed by atoms with Gasteiger partial charge in [-0.05, 0) is 44.2 Å². The number of hydrogen-bond donors (Lipinski definition) is 2. The van der Waals surface area contributed by atoms with Crippen LogP contribution in [0.5, 0.6) is 0 Å². The van der Waals surface area contributed by atoms with Crippen molar-refractivity contribution in [3.8, 4) is 0 Å². The maximum absolute atomic E-state index is 14.1. The molecule has 212 valence electrons. The van der Waals surface area contributed by atoms with Gasteiger partial charge in [0, 0.05) is 4.90 Å². The van der Waals surface area contributed by atoms with Gasteiger partial charge in [0.25, 0.3) is 5.91 Å². The highest BCUT2D eigenvalue weighted by Gasteiger charge is 2.36. The van der Waals surface area contributed by atoms with Crippen LogP contribution in [0.3, 0.4) is 0 Å². The second-order valence-electron chi connectivity index (χ2n) is 11.2. The molecule has 1 rings (SSSR count). The fourth-order valence-corrected chi connectivity index (χ4v) is 4.95. The van der Waals surface area contributed by atoms with E-state index in [1.165, 1.54) is 18.2 Å². The molecule has 2 N–H and O–H groups in total. The second-order valence-corrected chi connectivity index (χ2v) is 13.4. The number of nitrogens with one attached hydrogen (secondary N) is 2. The number of nitrogens with zero attached hydrogens (tertiary/aromatic N) is 1. The Labute approximate surface area is 226 Å². The summed E-state index contributed by atoms with van der Waals surface area (Å²) in [5.41, 5.74) is -1.63. The monoisotopic (exact) mass is 551 g/mol. The maximum atomic E-state index is 14.1. The topological polar surface area (TPSA) is 140 Å². The molecule has 0 saturated heterocycles. The molecule has 0 heterocycles. The number of carbonyl (C=O) groups excluding carboxylic acids is 4. The summed E-state index contributed by atoms with van der Waals surface area (Å²) >= 11 is 0.